The number of hydrogen-bond acceptors (Lipinski definition) is 4. The average Bonchev–Trinajstić information content (AvgIpc) is 3.19. The number of aromatic nitrogens is 2. The van der Waals surface area contributed by atoms with Gasteiger partial charge in [-0.3, -0.25) is 4.79 Å². The summed E-state index contributed by atoms with van der Waals surface area (Å²) in [5, 5.41) is 11.4. The molecule has 0 aromatic carbocycles. The summed E-state index contributed by atoms with van der Waals surface area (Å²) in [6.07, 6.45) is -3.85. The fraction of sp³-hybridized carbons (Fsp3) is 0.467. The summed E-state index contributed by atoms with van der Waals surface area (Å²) in [6, 6.07) is 2.78. The van der Waals surface area contributed by atoms with Crippen molar-refractivity contribution in [3.8, 4) is 0 Å². The highest BCUT2D eigenvalue weighted by Gasteiger charge is 2.47. The van der Waals surface area contributed by atoms with E-state index in [1.807, 2.05) is 12.3 Å². The molecule has 1 amide bonds. The molecule has 0 spiro atoms. The number of carbonyl (C=O) groups excluding carboxylic acids is 1. The Bertz CT molecular complexity index is 711. The van der Waals surface area contributed by atoms with Gasteiger partial charge in [0, 0.05) is 23.9 Å². The maximum atomic E-state index is 13.5. The lowest BCUT2D eigenvalue weighted by Crippen LogP contribution is -2.35. The van der Waals surface area contributed by atoms with Crippen molar-refractivity contribution < 1.29 is 18.0 Å². The number of amides is 1. The molecule has 1 aliphatic heterocycles. The number of hydrogen-bond donors (Lipinski definition) is 2. The third-order valence-corrected chi connectivity index (χ3v) is 4.83. The number of thiophene rings is 1. The SMILES string of the molecule is CCCNC(=O)c1cc2n(n1)[C@H](C(F)(F)F)C[C@@H](c1cccs1)N2. The van der Waals surface area contributed by atoms with Crippen LogP contribution >= 0.6 is 11.3 Å². The van der Waals surface area contributed by atoms with Crippen molar-refractivity contribution in [2.45, 2.75) is 38.0 Å². The molecule has 2 aromatic heterocycles. The molecular formula is C15H17F3N4OS. The van der Waals surface area contributed by atoms with Crippen LogP contribution in [-0.2, 0) is 0 Å². The zero-order chi connectivity index (χ0) is 17.3. The molecular weight excluding hydrogens is 341 g/mol. The number of rotatable bonds is 4. The second-order valence-corrected chi connectivity index (χ2v) is 6.60. The smallest absolute Gasteiger partial charge is 0.363 e. The van der Waals surface area contributed by atoms with E-state index in [4.69, 9.17) is 0 Å². The maximum Gasteiger partial charge on any atom is 0.410 e. The summed E-state index contributed by atoms with van der Waals surface area (Å²) in [5.41, 5.74) is -0.00738. The number of nitrogens with zero attached hydrogens (tertiary/aromatic N) is 2. The van der Waals surface area contributed by atoms with E-state index in [2.05, 4.69) is 15.7 Å². The molecule has 2 N–H and O–H groups in total. The van der Waals surface area contributed by atoms with Gasteiger partial charge in [-0.15, -0.1) is 11.3 Å². The van der Waals surface area contributed by atoms with Gasteiger partial charge in [-0.2, -0.15) is 18.3 Å². The Morgan fingerprint density at radius 3 is 2.96 bits per heavy atom. The van der Waals surface area contributed by atoms with E-state index in [9.17, 15) is 18.0 Å². The van der Waals surface area contributed by atoms with Gasteiger partial charge in [0.2, 0.25) is 0 Å². The predicted molar refractivity (Wildman–Crippen MR) is 85.2 cm³/mol. The van der Waals surface area contributed by atoms with Gasteiger partial charge < -0.3 is 10.6 Å². The molecule has 130 valence electrons. The van der Waals surface area contributed by atoms with Crippen LogP contribution < -0.4 is 10.6 Å². The predicted octanol–water partition coefficient (Wildman–Crippen LogP) is 3.74. The Morgan fingerprint density at radius 1 is 1.54 bits per heavy atom. The fourth-order valence-electron chi connectivity index (χ4n) is 2.69. The van der Waals surface area contributed by atoms with Crippen molar-refractivity contribution in [1.82, 2.24) is 15.1 Å². The number of fused-ring (bicyclic) bond motifs is 1. The molecule has 0 bridgehead atoms. The Hall–Kier alpha value is -2.03. The molecule has 5 nitrogen and oxygen atoms in total. The van der Waals surface area contributed by atoms with E-state index < -0.39 is 24.2 Å². The van der Waals surface area contributed by atoms with Gasteiger partial charge in [0.1, 0.15) is 5.82 Å². The van der Waals surface area contributed by atoms with Gasteiger partial charge in [-0.1, -0.05) is 13.0 Å². The summed E-state index contributed by atoms with van der Waals surface area (Å²) in [6.45, 7) is 2.35. The molecule has 2 atom stereocenters. The molecule has 1 aliphatic rings. The molecule has 0 saturated heterocycles. The van der Waals surface area contributed by atoms with Crippen molar-refractivity contribution in [2.24, 2.45) is 0 Å². The number of alkyl halides is 3. The molecule has 2 aromatic rings. The minimum atomic E-state index is -4.43. The second kappa shape index (κ2) is 6.46. The Balaban J connectivity index is 1.93. The van der Waals surface area contributed by atoms with Gasteiger partial charge in [0.25, 0.3) is 5.91 Å². The van der Waals surface area contributed by atoms with Crippen LogP contribution in [0.25, 0.3) is 0 Å². The van der Waals surface area contributed by atoms with Gasteiger partial charge in [-0.25, -0.2) is 4.68 Å². The molecule has 0 aliphatic carbocycles. The first-order chi connectivity index (χ1) is 11.4. The third-order valence-electron chi connectivity index (χ3n) is 3.84. The Labute approximate surface area is 140 Å². The summed E-state index contributed by atoms with van der Waals surface area (Å²) >= 11 is 1.40. The first-order valence-electron chi connectivity index (χ1n) is 7.64. The van der Waals surface area contributed by atoms with Crippen LogP contribution in [-0.4, -0.2) is 28.4 Å². The van der Waals surface area contributed by atoms with Gasteiger partial charge in [-0.05, 0) is 17.9 Å². The maximum absolute atomic E-state index is 13.5. The minimum absolute atomic E-state index is 0.00738. The van der Waals surface area contributed by atoms with Crippen molar-refractivity contribution in [1.29, 1.82) is 0 Å². The van der Waals surface area contributed by atoms with E-state index in [1.165, 1.54) is 17.4 Å². The van der Waals surface area contributed by atoms with Crippen LogP contribution in [0.15, 0.2) is 23.6 Å². The largest absolute Gasteiger partial charge is 0.410 e. The van der Waals surface area contributed by atoms with E-state index in [-0.39, 0.29) is 17.9 Å². The topological polar surface area (TPSA) is 59.0 Å². The highest BCUT2D eigenvalue weighted by molar-refractivity contribution is 7.10. The minimum Gasteiger partial charge on any atom is -0.363 e. The van der Waals surface area contributed by atoms with E-state index in [1.54, 1.807) is 12.1 Å². The molecule has 3 rings (SSSR count). The Kier molecular flexibility index (Phi) is 4.53. The quantitative estimate of drug-likeness (QED) is 0.875. The molecule has 0 saturated carbocycles. The number of nitrogens with one attached hydrogen (secondary N) is 2. The number of anilines is 1. The van der Waals surface area contributed by atoms with Crippen LogP contribution in [0.2, 0.25) is 0 Å². The van der Waals surface area contributed by atoms with Crippen LogP contribution in [0.1, 0.15) is 47.2 Å². The first-order valence-corrected chi connectivity index (χ1v) is 8.52. The highest BCUT2D eigenvalue weighted by atomic mass is 32.1. The summed E-state index contributed by atoms with van der Waals surface area (Å²) in [5.74, 6) is -0.252. The average molecular weight is 358 g/mol. The number of halogens is 3. The molecule has 9 heteroatoms. The van der Waals surface area contributed by atoms with E-state index in [0.29, 0.717) is 6.54 Å². The zero-order valence-corrected chi connectivity index (χ0v) is 13.7. The lowest BCUT2D eigenvalue weighted by molar-refractivity contribution is -0.173. The monoisotopic (exact) mass is 358 g/mol. The molecule has 0 unspecified atom stereocenters. The van der Waals surface area contributed by atoms with Gasteiger partial charge in [0.05, 0.1) is 6.04 Å². The lowest BCUT2D eigenvalue weighted by atomic mass is 10.0. The van der Waals surface area contributed by atoms with E-state index >= 15 is 0 Å². The lowest BCUT2D eigenvalue weighted by Gasteiger charge is -2.32. The zero-order valence-electron chi connectivity index (χ0n) is 12.9. The summed E-state index contributed by atoms with van der Waals surface area (Å²) < 4.78 is 41.3. The summed E-state index contributed by atoms with van der Waals surface area (Å²) in [4.78, 5) is 12.8. The molecule has 3 heterocycles. The molecule has 0 fully saturated rings. The summed E-state index contributed by atoms with van der Waals surface area (Å²) in [7, 11) is 0. The fourth-order valence-corrected chi connectivity index (χ4v) is 3.48. The van der Waals surface area contributed by atoms with Crippen molar-refractivity contribution in [2.75, 3.05) is 11.9 Å². The van der Waals surface area contributed by atoms with Gasteiger partial charge >= 0.3 is 6.18 Å². The second-order valence-electron chi connectivity index (χ2n) is 5.62. The van der Waals surface area contributed by atoms with Crippen LogP contribution in [0.3, 0.4) is 0 Å². The molecule has 24 heavy (non-hydrogen) atoms. The normalized spacial score (nSPS) is 20.3. The van der Waals surface area contributed by atoms with Crippen LogP contribution in [0.5, 0.6) is 0 Å². The van der Waals surface area contributed by atoms with Gasteiger partial charge in [0.15, 0.2) is 11.7 Å². The van der Waals surface area contributed by atoms with Crippen molar-refractivity contribution in [3.05, 3.63) is 34.2 Å². The third kappa shape index (κ3) is 3.26. The van der Waals surface area contributed by atoms with Crippen LogP contribution in [0, 0.1) is 0 Å². The number of carbonyl (C=O) groups is 1. The highest BCUT2D eigenvalue weighted by Crippen LogP contribution is 2.44. The Morgan fingerprint density at radius 2 is 2.33 bits per heavy atom. The van der Waals surface area contributed by atoms with Crippen LogP contribution in [0.4, 0.5) is 19.0 Å². The first kappa shape index (κ1) is 16.8. The van der Waals surface area contributed by atoms with Crippen molar-refractivity contribution in [3.63, 3.8) is 0 Å². The standard InChI is InChI=1S/C15H17F3N4OS/c1-2-5-19-14(23)10-8-13-20-9(11-4-3-6-24-11)7-12(15(16,17)18)22(13)21-10/h3-4,6,8-9,12,20H,2,5,7H2,1H3,(H,19,23)/t9-,12-/m0/s1. The van der Waals surface area contributed by atoms with Crippen molar-refractivity contribution >= 4 is 23.1 Å². The van der Waals surface area contributed by atoms with E-state index in [0.717, 1.165) is 16.0 Å². The molecule has 0 radical (unpaired) electrons.